The van der Waals surface area contributed by atoms with Crippen molar-refractivity contribution in [3.63, 3.8) is 0 Å². The number of aromatic nitrogens is 4. The van der Waals surface area contributed by atoms with Crippen molar-refractivity contribution in [3.05, 3.63) is 193 Å². The Morgan fingerprint density at radius 1 is 0.288 bits per heavy atom. The van der Waals surface area contributed by atoms with Gasteiger partial charge in [-0.15, -0.1) is 0 Å². The molecule has 3 aromatic heterocycles. The number of hydrogen-bond donors (Lipinski definition) is 6. The Hall–Kier alpha value is -7.32. The Morgan fingerprint density at radius 3 is 0.673 bits per heavy atom. The van der Waals surface area contributed by atoms with Crippen LogP contribution in [0.4, 0.5) is 22.7 Å². The normalized spacial score (nSPS) is 10.5. The number of nitrogens with two attached hydrogens (primary N) is 4. The molecule has 8 bridgehead atoms. The number of fused-ring (bicyclic) bond motifs is 8. The monoisotopic (exact) mass is 682 g/mol. The fraction of sp³-hybridized carbons (Fsp3) is 0. The number of nitrogens with one attached hydrogen (secondary N) is 2. The molecule has 7 aromatic rings. The van der Waals surface area contributed by atoms with Crippen LogP contribution in [0.5, 0.6) is 0 Å². The lowest BCUT2D eigenvalue weighted by Crippen LogP contribution is -1.79. The smallest absolute Gasteiger partial charge is 0.0658 e. The fourth-order valence-corrected chi connectivity index (χ4v) is 4.76. The highest BCUT2D eigenvalue weighted by molar-refractivity contribution is 5.77. The van der Waals surface area contributed by atoms with Crippen molar-refractivity contribution in [2.24, 2.45) is 0 Å². The first-order chi connectivity index (χ1) is 25.4. The largest absolute Gasteiger partial charge is 0.399 e. The molecule has 4 aromatic carbocycles. The quantitative estimate of drug-likeness (QED) is 0.0873. The lowest BCUT2D eigenvalue weighted by Gasteiger charge is -1.85. The summed E-state index contributed by atoms with van der Waals surface area (Å²) in [6.45, 7) is 0. The molecule has 9 rings (SSSR count). The van der Waals surface area contributed by atoms with Crippen molar-refractivity contribution >= 4 is 69.1 Å². The van der Waals surface area contributed by atoms with E-state index in [1.54, 1.807) is 0 Å². The second-order valence-corrected chi connectivity index (χ2v) is 11.5. The van der Waals surface area contributed by atoms with Crippen LogP contribution in [-0.4, -0.2) is 19.9 Å². The zero-order valence-corrected chi connectivity index (χ0v) is 28.7. The van der Waals surface area contributed by atoms with Crippen molar-refractivity contribution in [1.82, 2.24) is 19.9 Å². The maximum atomic E-state index is 5.36. The number of aromatic amines is 2. The van der Waals surface area contributed by atoms with Gasteiger partial charge in [-0.1, -0.05) is 72.8 Å². The summed E-state index contributed by atoms with van der Waals surface area (Å²) in [6.07, 6.45) is 8.09. The molecular weight excluding hydrogens is 641 g/mol. The van der Waals surface area contributed by atoms with Crippen molar-refractivity contribution in [1.29, 1.82) is 0 Å². The van der Waals surface area contributed by atoms with E-state index in [0.717, 1.165) is 67.6 Å². The zero-order chi connectivity index (χ0) is 36.4. The van der Waals surface area contributed by atoms with Crippen LogP contribution >= 0.6 is 0 Å². The van der Waals surface area contributed by atoms with E-state index in [-0.39, 0.29) is 0 Å². The average Bonchev–Trinajstić information content (AvgIpc) is 3.98. The van der Waals surface area contributed by atoms with Crippen LogP contribution in [-0.2, 0) is 0 Å². The van der Waals surface area contributed by atoms with Gasteiger partial charge in [0.1, 0.15) is 0 Å². The fourth-order valence-electron chi connectivity index (χ4n) is 4.76. The first kappa shape index (κ1) is 36.0. The molecule has 0 saturated carbocycles. The predicted molar refractivity (Wildman–Crippen MR) is 222 cm³/mol. The van der Waals surface area contributed by atoms with Gasteiger partial charge in [0.25, 0.3) is 0 Å². The van der Waals surface area contributed by atoms with Gasteiger partial charge in [0.2, 0.25) is 0 Å². The second kappa shape index (κ2) is 19.0. The summed E-state index contributed by atoms with van der Waals surface area (Å²) in [5, 5.41) is 0. The number of nitrogen functional groups attached to an aromatic ring is 4. The van der Waals surface area contributed by atoms with Crippen LogP contribution < -0.4 is 22.9 Å². The highest BCUT2D eigenvalue weighted by Gasteiger charge is 2.01. The predicted octanol–water partition coefficient (Wildman–Crippen LogP) is 9.73. The third-order valence-corrected chi connectivity index (χ3v) is 7.24. The van der Waals surface area contributed by atoms with Crippen LogP contribution in [0.1, 0.15) is 22.8 Å². The van der Waals surface area contributed by atoms with E-state index in [2.05, 4.69) is 44.2 Å². The van der Waals surface area contributed by atoms with Gasteiger partial charge < -0.3 is 32.9 Å². The van der Waals surface area contributed by atoms with Crippen LogP contribution in [0, 0.1) is 0 Å². The minimum Gasteiger partial charge on any atom is -0.399 e. The molecule has 2 aliphatic heterocycles. The van der Waals surface area contributed by atoms with Gasteiger partial charge in [0, 0.05) is 44.8 Å². The lowest BCUT2D eigenvalue weighted by molar-refractivity contribution is 1.31. The van der Waals surface area contributed by atoms with E-state index in [1.807, 2.05) is 170 Å². The minimum absolute atomic E-state index is 0.822. The molecule has 8 heteroatoms. The number of benzene rings is 4. The van der Waals surface area contributed by atoms with E-state index in [1.165, 1.54) is 0 Å². The number of hydrogen-bond acceptors (Lipinski definition) is 6. The first-order valence-electron chi connectivity index (χ1n) is 16.6. The highest BCUT2D eigenvalue weighted by Crippen LogP contribution is 2.17. The molecule has 5 heterocycles. The highest BCUT2D eigenvalue weighted by atomic mass is 14.8. The number of H-pyrrole nitrogens is 2. The molecular formula is C44H42N8. The SMILES string of the molecule is C1=Cc2cc3ccc(cc4nc(cc5ccc(cc1n2)[nH]5)C=C4)[nH]3.Nc1ccccc1.Nc1ccccc1.Nc1ccccc1.Nc1ccccc1. The average molecular weight is 683 g/mol. The summed E-state index contributed by atoms with van der Waals surface area (Å²) in [6, 6.07) is 54.3. The van der Waals surface area contributed by atoms with E-state index in [9.17, 15) is 0 Å². The molecule has 0 atom stereocenters. The summed E-state index contributed by atoms with van der Waals surface area (Å²) in [7, 11) is 0. The molecule has 0 spiro atoms. The van der Waals surface area contributed by atoms with E-state index in [0.29, 0.717) is 0 Å². The topological polar surface area (TPSA) is 161 Å². The van der Waals surface area contributed by atoms with E-state index < -0.39 is 0 Å². The van der Waals surface area contributed by atoms with E-state index in [4.69, 9.17) is 22.9 Å². The van der Waals surface area contributed by atoms with Gasteiger partial charge >= 0.3 is 0 Å². The van der Waals surface area contributed by atoms with Gasteiger partial charge in [0.15, 0.2) is 0 Å². The molecule has 0 unspecified atom stereocenters. The van der Waals surface area contributed by atoms with Crippen LogP contribution in [0.3, 0.4) is 0 Å². The molecule has 52 heavy (non-hydrogen) atoms. The number of rotatable bonds is 0. The van der Waals surface area contributed by atoms with E-state index >= 15 is 0 Å². The standard InChI is InChI=1S/C20H14N4.4C6H7N/c1-2-14-10-16-5-6-18(23-16)12-20-8-7-19(24-20)11-17-4-3-15(22-17)9-13(1)21-14;4*7-6-4-2-1-3-5-6/h1-12,21,24H;4*1-5H,7H2. The van der Waals surface area contributed by atoms with Crippen molar-refractivity contribution in [2.75, 3.05) is 22.9 Å². The molecule has 258 valence electrons. The third-order valence-electron chi connectivity index (χ3n) is 7.24. The van der Waals surface area contributed by atoms with Gasteiger partial charge in [-0.05, 0) is 121 Å². The number of nitrogens with zero attached hydrogens (tertiary/aromatic N) is 2. The zero-order valence-electron chi connectivity index (χ0n) is 28.7. The summed E-state index contributed by atoms with van der Waals surface area (Å²) < 4.78 is 0. The molecule has 0 amide bonds. The summed E-state index contributed by atoms with van der Waals surface area (Å²) in [5.74, 6) is 0. The molecule has 8 nitrogen and oxygen atoms in total. The Kier molecular flexibility index (Phi) is 13.2. The van der Waals surface area contributed by atoms with Gasteiger partial charge in [-0.3, -0.25) is 0 Å². The summed E-state index contributed by atoms with van der Waals surface area (Å²) in [4.78, 5) is 16.0. The van der Waals surface area contributed by atoms with Crippen LogP contribution in [0.25, 0.3) is 46.4 Å². The Labute approximate surface area is 303 Å². The molecule has 10 N–H and O–H groups in total. The Balaban J connectivity index is 0.000000151. The third kappa shape index (κ3) is 12.6. The molecule has 0 saturated heterocycles. The van der Waals surface area contributed by atoms with Crippen molar-refractivity contribution in [2.45, 2.75) is 0 Å². The summed E-state index contributed by atoms with van der Waals surface area (Å²) >= 11 is 0. The minimum atomic E-state index is 0.822. The summed E-state index contributed by atoms with van der Waals surface area (Å²) in [5.41, 5.74) is 32.6. The van der Waals surface area contributed by atoms with Gasteiger partial charge in [0.05, 0.1) is 22.8 Å². The number of anilines is 4. The Morgan fingerprint density at radius 2 is 0.500 bits per heavy atom. The maximum absolute atomic E-state index is 5.36. The molecule has 2 aliphatic rings. The van der Waals surface area contributed by atoms with Gasteiger partial charge in [-0.25, -0.2) is 9.97 Å². The van der Waals surface area contributed by atoms with Crippen LogP contribution in [0.2, 0.25) is 0 Å². The molecule has 0 aliphatic carbocycles. The Bertz CT molecular complexity index is 2000. The van der Waals surface area contributed by atoms with Gasteiger partial charge in [-0.2, -0.15) is 0 Å². The molecule has 0 fully saturated rings. The molecule has 0 radical (unpaired) electrons. The van der Waals surface area contributed by atoms with Crippen molar-refractivity contribution in [3.8, 4) is 0 Å². The van der Waals surface area contributed by atoms with Crippen molar-refractivity contribution < 1.29 is 0 Å². The first-order valence-corrected chi connectivity index (χ1v) is 16.6. The second-order valence-electron chi connectivity index (χ2n) is 11.5. The lowest BCUT2D eigenvalue weighted by atomic mass is 10.3. The van der Waals surface area contributed by atoms with Crippen LogP contribution in [0.15, 0.2) is 170 Å². The number of para-hydroxylation sites is 4. The maximum Gasteiger partial charge on any atom is 0.0658 e.